The van der Waals surface area contributed by atoms with E-state index >= 15 is 0 Å². The molecule has 2 aromatic carbocycles. The number of hydrogen-bond acceptors (Lipinski definition) is 5. The third-order valence-corrected chi connectivity index (χ3v) is 5.21. The molecule has 1 amide bonds. The van der Waals surface area contributed by atoms with Gasteiger partial charge in [0, 0.05) is 17.8 Å². The van der Waals surface area contributed by atoms with Gasteiger partial charge in [0.2, 0.25) is 17.6 Å². The molecule has 1 fully saturated rings. The Kier molecular flexibility index (Phi) is 5.67. The fourth-order valence-electron chi connectivity index (χ4n) is 3.59. The molecular formula is C22H23FN4O2. The number of halogens is 1. The van der Waals surface area contributed by atoms with E-state index in [1.54, 1.807) is 12.1 Å². The lowest BCUT2D eigenvalue weighted by Crippen LogP contribution is -2.40. The van der Waals surface area contributed by atoms with E-state index in [1.807, 2.05) is 31.2 Å². The Hall–Kier alpha value is -3.06. The maximum atomic E-state index is 13.1. The first-order valence-electron chi connectivity index (χ1n) is 9.76. The first-order chi connectivity index (χ1) is 14.1. The van der Waals surface area contributed by atoms with Crippen LogP contribution in [0.5, 0.6) is 0 Å². The van der Waals surface area contributed by atoms with Crippen molar-refractivity contribution in [3.63, 3.8) is 0 Å². The number of para-hydroxylation sites is 1. The summed E-state index contributed by atoms with van der Waals surface area (Å²) in [4.78, 5) is 19.3. The lowest BCUT2D eigenvalue weighted by Gasteiger charge is -2.31. The predicted octanol–water partition coefficient (Wildman–Crippen LogP) is 4.03. The molecule has 1 unspecified atom stereocenters. The molecule has 1 aliphatic rings. The molecule has 3 aromatic rings. The molecule has 0 aliphatic carbocycles. The highest BCUT2D eigenvalue weighted by atomic mass is 19.1. The Morgan fingerprint density at radius 1 is 1.24 bits per heavy atom. The number of aryl methyl sites for hydroxylation is 1. The maximum Gasteiger partial charge on any atom is 0.241 e. The summed E-state index contributed by atoms with van der Waals surface area (Å²) in [5, 5.41) is 7.03. The molecule has 0 radical (unpaired) electrons. The van der Waals surface area contributed by atoms with Crippen LogP contribution in [0.3, 0.4) is 0 Å². The molecule has 0 saturated carbocycles. The minimum Gasteiger partial charge on any atom is -0.338 e. The van der Waals surface area contributed by atoms with Gasteiger partial charge in [-0.25, -0.2) is 4.39 Å². The second-order valence-corrected chi connectivity index (χ2v) is 7.40. The number of anilines is 1. The number of hydrogen-bond donors (Lipinski definition) is 1. The Morgan fingerprint density at radius 2 is 2.03 bits per heavy atom. The highest BCUT2D eigenvalue weighted by Crippen LogP contribution is 2.22. The largest absolute Gasteiger partial charge is 0.338 e. The van der Waals surface area contributed by atoms with Crippen LogP contribution in [-0.2, 0) is 11.3 Å². The zero-order valence-electron chi connectivity index (χ0n) is 16.3. The molecule has 1 aromatic heterocycles. The quantitative estimate of drug-likeness (QED) is 0.707. The number of nitrogens with zero attached hydrogens (tertiary/aromatic N) is 3. The molecule has 0 spiro atoms. The molecular weight excluding hydrogens is 371 g/mol. The van der Waals surface area contributed by atoms with Crippen molar-refractivity contribution in [2.24, 2.45) is 5.92 Å². The number of piperidine rings is 1. The van der Waals surface area contributed by atoms with Crippen molar-refractivity contribution in [2.75, 3.05) is 18.4 Å². The fourth-order valence-corrected chi connectivity index (χ4v) is 3.59. The maximum absolute atomic E-state index is 13.1. The molecule has 1 atom stereocenters. The van der Waals surface area contributed by atoms with Gasteiger partial charge in [0.1, 0.15) is 5.82 Å². The van der Waals surface area contributed by atoms with Crippen LogP contribution in [0, 0.1) is 18.7 Å². The number of carbonyl (C=O) groups is 1. The molecule has 1 N–H and O–H groups in total. The van der Waals surface area contributed by atoms with Gasteiger partial charge >= 0.3 is 0 Å². The van der Waals surface area contributed by atoms with E-state index in [4.69, 9.17) is 4.52 Å². The predicted molar refractivity (Wildman–Crippen MR) is 108 cm³/mol. The van der Waals surface area contributed by atoms with Crippen molar-refractivity contribution in [2.45, 2.75) is 26.3 Å². The zero-order chi connectivity index (χ0) is 20.2. The molecule has 29 heavy (non-hydrogen) atoms. The molecule has 2 heterocycles. The SMILES string of the molecule is Cc1ccccc1NC(=O)C1CCCN(Cc2nc(-c3ccc(F)cc3)no2)C1. The Labute approximate surface area is 168 Å². The first-order valence-corrected chi connectivity index (χ1v) is 9.76. The highest BCUT2D eigenvalue weighted by Gasteiger charge is 2.27. The van der Waals surface area contributed by atoms with Crippen LogP contribution in [-0.4, -0.2) is 34.0 Å². The summed E-state index contributed by atoms with van der Waals surface area (Å²) in [6.45, 7) is 3.99. The van der Waals surface area contributed by atoms with Gasteiger partial charge < -0.3 is 9.84 Å². The average Bonchev–Trinajstić information content (AvgIpc) is 3.19. The molecule has 1 aliphatic heterocycles. The van der Waals surface area contributed by atoms with Gasteiger partial charge in [0.15, 0.2) is 0 Å². The summed E-state index contributed by atoms with van der Waals surface area (Å²) in [6, 6.07) is 13.8. The molecule has 150 valence electrons. The van der Waals surface area contributed by atoms with Crippen molar-refractivity contribution < 1.29 is 13.7 Å². The first kappa shape index (κ1) is 19.3. The van der Waals surface area contributed by atoms with Crippen molar-refractivity contribution in [1.29, 1.82) is 0 Å². The second kappa shape index (κ2) is 8.53. The number of benzene rings is 2. The van der Waals surface area contributed by atoms with E-state index in [-0.39, 0.29) is 17.6 Å². The minimum atomic E-state index is -0.305. The van der Waals surface area contributed by atoms with E-state index < -0.39 is 0 Å². The summed E-state index contributed by atoms with van der Waals surface area (Å²) in [5.41, 5.74) is 2.61. The lowest BCUT2D eigenvalue weighted by atomic mass is 9.97. The van der Waals surface area contributed by atoms with Crippen molar-refractivity contribution in [1.82, 2.24) is 15.0 Å². The number of nitrogens with one attached hydrogen (secondary N) is 1. The van der Waals surface area contributed by atoms with Gasteiger partial charge in [-0.15, -0.1) is 0 Å². The summed E-state index contributed by atoms with van der Waals surface area (Å²) in [6.07, 6.45) is 1.80. The summed E-state index contributed by atoms with van der Waals surface area (Å²) < 4.78 is 18.4. The second-order valence-electron chi connectivity index (χ2n) is 7.40. The van der Waals surface area contributed by atoms with Crippen LogP contribution in [0.4, 0.5) is 10.1 Å². The lowest BCUT2D eigenvalue weighted by molar-refractivity contribution is -0.121. The van der Waals surface area contributed by atoms with Gasteiger partial charge in [-0.05, 0) is 62.2 Å². The number of carbonyl (C=O) groups excluding carboxylic acids is 1. The van der Waals surface area contributed by atoms with Crippen LogP contribution in [0.2, 0.25) is 0 Å². The van der Waals surface area contributed by atoms with Crippen LogP contribution in [0.1, 0.15) is 24.3 Å². The van der Waals surface area contributed by atoms with Crippen LogP contribution < -0.4 is 5.32 Å². The number of aromatic nitrogens is 2. The van der Waals surface area contributed by atoms with Gasteiger partial charge in [0.25, 0.3) is 0 Å². The average molecular weight is 394 g/mol. The Balaban J connectivity index is 1.37. The smallest absolute Gasteiger partial charge is 0.241 e. The van der Waals surface area contributed by atoms with Crippen molar-refractivity contribution >= 4 is 11.6 Å². The van der Waals surface area contributed by atoms with E-state index in [0.717, 1.165) is 30.6 Å². The number of amides is 1. The zero-order valence-corrected chi connectivity index (χ0v) is 16.3. The monoisotopic (exact) mass is 394 g/mol. The molecule has 4 rings (SSSR count). The molecule has 0 bridgehead atoms. The standard InChI is InChI=1S/C22H23FN4O2/c1-15-5-2-3-7-19(15)24-22(28)17-6-4-12-27(13-17)14-20-25-21(26-29-20)16-8-10-18(23)11-9-16/h2-3,5,7-11,17H,4,6,12-14H2,1H3,(H,24,28). The molecule has 1 saturated heterocycles. The van der Waals surface area contributed by atoms with Gasteiger partial charge in [-0.3, -0.25) is 9.69 Å². The Morgan fingerprint density at radius 3 is 2.83 bits per heavy atom. The minimum absolute atomic E-state index is 0.0431. The van der Waals surface area contributed by atoms with Crippen molar-refractivity contribution in [3.05, 3.63) is 65.8 Å². The fraction of sp³-hybridized carbons (Fsp3) is 0.318. The molecule has 7 heteroatoms. The van der Waals surface area contributed by atoms with Crippen LogP contribution in [0.15, 0.2) is 53.1 Å². The number of rotatable bonds is 5. The van der Waals surface area contributed by atoms with E-state index in [1.165, 1.54) is 12.1 Å². The van der Waals surface area contributed by atoms with Crippen LogP contribution >= 0.6 is 0 Å². The highest BCUT2D eigenvalue weighted by molar-refractivity contribution is 5.93. The van der Waals surface area contributed by atoms with E-state index in [2.05, 4.69) is 20.4 Å². The molecule has 6 nitrogen and oxygen atoms in total. The van der Waals surface area contributed by atoms with E-state index in [9.17, 15) is 9.18 Å². The van der Waals surface area contributed by atoms with Gasteiger partial charge in [0.05, 0.1) is 12.5 Å². The van der Waals surface area contributed by atoms with E-state index in [0.29, 0.717) is 30.4 Å². The third-order valence-electron chi connectivity index (χ3n) is 5.21. The van der Waals surface area contributed by atoms with Crippen molar-refractivity contribution in [3.8, 4) is 11.4 Å². The Bertz CT molecular complexity index is 986. The van der Waals surface area contributed by atoms with Gasteiger partial charge in [-0.2, -0.15) is 4.98 Å². The topological polar surface area (TPSA) is 71.3 Å². The summed E-state index contributed by atoms with van der Waals surface area (Å²) in [7, 11) is 0. The summed E-state index contributed by atoms with van der Waals surface area (Å²) >= 11 is 0. The van der Waals surface area contributed by atoms with Gasteiger partial charge in [-0.1, -0.05) is 23.4 Å². The van der Waals surface area contributed by atoms with Crippen LogP contribution in [0.25, 0.3) is 11.4 Å². The number of likely N-dealkylation sites (tertiary alicyclic amines) is 1. The summed E-state index contributed by atoms with van der Waals surface area (Å²) in [5.74, 6) is 0.584. The normalized spacial score (nSPS) is 17.2. The third kappa shape index (κ3) is 4.68.